The third-order valence-corrected chi connectivity index (χ3v) is 6.89. The molecule has 3 amide bonds. The van der Waals surface area contributed by atoms with Gasteiger partial charge in [-0.15, -0.1) is 0 Å². The van der Waals surface area contributed by atoms with Crippen LogP contribution in [0.4, 0.5) is 4.79 Å². The SMILES string of the molecule is CCc1ccc(C(C(=O)NC2CCCCC2)N(C(=O)CNC(=O)OC(C)(C)C)C(C)CCC(C)C)cc1. The molecule has 37 heavy (non-hydrogen) atoms. The molecule has 0 heterocycles. The van der Waals surface area contributed by atoms with Crippen molar-refractivity contribution in [2.45, 2.75) is 124 Å². The van der Waals surface area contributed by atoms with Crippen LogP contribution in [0, 0.1) is 5.92 Å². The van der Waals surface area contributed by atoms with Crippen molar-refractivity contribution in [3.05, 3.63) is 35.4 Å². The van der Waals surface area contributed by atoms with Crippen LogP contribution in [-0.2, 0) is 20.7 Å². The number of carbonyl (C=O) groups is 3. The lowest BCUT2D eigenvalue weighted by Crippen LogP contribution is -2.52. The van der Waals surface area contributed by atoms with Crippen molar-refractivity contribution in [3.63, 3.8) is 0 Å². The van der Waals surface area contributed by atoms with Crippen molar-refractivity contribution in [1.29, 1.82) is 0 Å². The summed E-state index contributed by atoms with van der Waals surface area (Å²) in [6.45, 7) is 13.5. The van der Waals surface area contributed by atoms with E-state index in [0.29, 0.717) is 5.92 Å². The Morgan fingerprint density at radius 2 is 1.62 bits per heavy atom. The largest absolute Gasteiger partial charge is 0.444 e. The number of benzene rings is 1. The molecule has 1 fully saturated rings. The van der Waals surface area contributed by atoms with E-state index >= 15 is 0 Å². The lowest BCUT2D eigenvalue weighted by Gasteiger charge is -2.37. The zero-order valence-electron chi connectivity index (χ0n) is 24.1. The predicted octanol–water partition coefficient (Wildman–Crippen LogP) is 5.92. The maximum absolute atomic E-state index is 13.9. The molecule has 7 heteroatoms. The molecule has 1 aliphatic carbocycles. The molecule has 0 radical (unpaired) electrons. The Balaban J connectivity index is 2.37. The van der Waals surface area contributed by atoms with Crippen LogP contribution in [0.5, 0.6) is 0 Å². The summed E-state index contributed by atoms with van der Waals surface area (Å²) in [5.74, 6) is 0.0151. The lowest BCUT2D eigenvalue weighted by molar-refractivity contribution is -0.143. The number of hydrogen-bond donors (Lipinski definition) is 2. The molecule has 2 rings (SSSR count). The van der Waals surface area contributed by atoms with Gasteiger partial charge in [0, 0.05) is 12.1 Å². The van der Waals surface area contributed by atoms with Crippen molar-refractivity contribution >= 4 is 17.9 Å². The molecule has 0 aromatic heterocycles. The summed E-state index contributed by atoms with van der Waals surface area (Å²) in [5.41, 5.74) is 1.29. The van der Waals surface area contributed by atoms with Crippen LogP contribution in [0.25, 0.3) is 0 Å². The Hall–Kier alpha value is -2.57. The van der Waals surface area contributed by atoms with Gasteiger partial charge < -0.3 is 20.3 Å². The molecule has 1 aliphatic rings. The molecule has 2 N–H and O–H groups in total. The Kier molecular flexibility index (Phi) is 11.9. The highest BCUT2D eigenvalue weighted by Gasteiger charge is 2.36. The molecule has 0 saturated heterocycles. The summed E-state index contributed by atoms with van der Waals surface area (Å²) in [5, 5.41) is 5.85. The second-order valence-electron chi connectivity index (χ2n) is 11.8. The minimum absolute atomic E-state index is 0.126. The molecule has 208 valence electrons. The minimum atomic E-state index is -0.775. The van der Waals surface area contributed by atoms with Crippen LogP contribution in [0.15, 0.2) is 24.3 Å². The number of ether oxygens (including phenoxy) is 1. The first-order valence-electron chi connectivity index (χ1n) is 14.1. The first kappa shape index (κ1) is 30.7. The highest BCUT2D eigenvalue weighted by molar-refractivity contribution is 5.90. The summed E-state index contributed by atoms with van der Waals surface area (Å²) in [6, 6.07) is 7.13. The molecule has 1 aromatic rings. The second kappa shape index (κ2) is 14.4. The van der Waals surface area contributed by atoms with Crippen LogP contribution in [-0.4, -0.2) is 47.0 Å². The van der Waals surface area contributed by atoms with Gasteiger partial charge in [0.15, 0.2) is 0 Å². The number of hydrogen-bond acceptors (Lipinski definition) is 4. The van der Waals surface area contributed by atoms with Crippen LogP contribution in [0.3, 0.4) is 0 Å². The fourth-order valence-electron chi connectivity index (χ4n) is 4.81. The minimum Gasteiger partial charge on any atom is -0.444 e. The molecule has 1 saturated carbocycles. The Morgan fingerprint density at radius 1 is 1.00 bits per heavy atom. The molecule has 0 aliphatic heterocycles. The topological polar surface area (TPSA) is 87.7 Å². The van der Waals surface area contributed by atoms with Gasteiger partial charge >= 0.3 is 6.09 Å². The Bertz CT molecular complexity index is 870. The van der Waals surface area contributed by atoms with Crippen LogP contribution in [0.1, 0.15) is 111 Å². The summed E-state index contributed by atoms with van der Waals surface area (Å²) in [6.07, 6.45) is 7.27. The Morgan fingerprint density at radius 3 is 2.16 bits per heavy atom. The predicted molar refractivity (Wildman–Crippen MR) is 148 cm³/mol. The summed E-state index contributed by atoms with van der Waals surface area (Å²) < 4.78 is 5.33. The smallest absolute Gasteiger partial charge is 0.408 e. The van der Waals surface area contributed by atoms with Gasteiger partial charge in [0.25, 0.3) is 0 Å². The van der Waals surface area contributed by atoms with Crippen molar-refractivity contribution in [2.75, 3.05) is 6.54 Å². The zero-order valence-corrected chi connectivity index (χ0v) is 24.1. The molecule has 2 unspecified atom stereocenters. The molecule has 2 atom stereocenters. The normalized spacial score (nSPS) is 16.1. The van der Waals surface area contributed by atoms with E-state index in [4.69, 9.17) is 4.74 Å². The van der Waals surface area contributed by atoms with Gasteiger partial charge in [-0.3, -0.25) is 9.59 Å². The number of amides is 3. The van der Waals surface area contributed by atoms with E-state index in [-0.39, 0.29) is 30.4 Å². The first-order chi connectivity index (χ1) is 17.4. The van der Waals surface area contributed by atoms with E-state index in [0.717, 1.165) is 50.5 Å². The standard InChI is InChI=1S/C30H49N3O4/c1-8-23-16-18-24(19-17-23)27(28(35)32-25-12-10-9-11-13-25)33(22(4)15-14-21(2)3)26(34)20-31-29(36)37-30(5,6)7/h16-19,21-22,25,27H,8-15,20H2,1-7H3,(H,31,36)(H,32,35). The summed E-state index contributed by atoms with van der Waals surface area (Å²) >= 11 is 0. The number of carbonyl (C=O) groups excluding carboxylic acids is 3. The Labute approximate surface area is 224 Å². The van der Waals surface area contributed by atoms with Gasteiger partial charge in [-0.25, -0.2) is 4.79 Å². The third-order valence-electron chi connectivity index (χ3n) is 6.89. The van der Waals surface area contributed by atoms with Crippen molar-refractivity contribution < 1.29 is 19.1 Å². The van der Waals surface area contributed by atoms with Gasteiger partial charge in [0.2, 0.25) is 11.8 Å². The highest BCUT2D eigenvalue weighted by atomic mass is 16.6. The highest BCUT2D eigenvalue weighted by Crippen LogP contribution is 2.28. The van der Waals surface area contributed by atoms with E-state index < -0.39 is 17.7 Å². The molecular weight excluding hydrogens is 466 g/mol. The van der Waals surface area contributed by atoms with Gasteiger partial charge in [0.05, 0.1) is 0 Å². The van der Waals surface area contributed by atoms with E-state index in [1.807, 2.05) is 31.2 Å². The van der Waals surface area contributed by atoms with E-state index in [1.165, 1.54) is 12.0 Å². The number of aryl methyl sites for hydroxylation is 1. The van der Waals surface area contributed by atoms with Gasteiger partial charge in [-0.2, -0.15) is 0 Å². The van der Waals surface area contributed by atoms with E-state index in [2.05, 4.69) is 31.4 Å². The second-order valence-corrected chi connectivity index (χ2v) is 11.8. The lowest BCUT2D eigenvalue weighted by atomic mass is 9.93. The van der Waals surface area contributed by atoms with E-state index in [1.54, 1.807) is 25.7 Å². The summed E-state index contributed by atoms with van der Waals surface area (Å²) in [7, 11) is 0. The monoisotopic (exact) mass is 515 g/mol. The van der Waals surface area contributed by atoms with Crippen LogP contribution >= 0.6 is 0 Å². The van der Waals surface area contributed by atoms with E-state index in [9.17, 15) is 14.4 Å². The van der Waals surface area contributed by atoms with Crippen molar-refractivity contribution in [3.8, 4) is 0 Å². The van der Waals surface area contributed by atoms with Crippen LogP contribution < -0.4 is 10.6 Å². The van der Waals surface area contributed by atoms with Gasteiger partial charge in [-0.1, -0.05) is 64.3 Å². The fourth-order valence-corrected chi connectivity index (χ4v) is 4.81. The molecular formula is C30H49N3O4. The average Bonchev–Trinajstić information content (AvgIpc) is 2.84. The average molecular weight is 516 g/mol. The van der Waals surface area contributed by atoms with Crippen molar-refractivity contribution in [2.24, 2.45) is 5.92 Å². The number of nitrogens with one attached hydrogen (secondary N) is 2. The third kappa shape index (κ3) is 10.4. The molecule has 7 nitrogen and oxygen atoms in total. The number of rotatable bonds is 11. The molecule has 0 spiro atoms. The fraction of sp³-hybridized carbons (Fsp3) is 0.700. The van der Waals surface area contributed by atoms with Gasteiger partial charge in [0.1, 0.15) is 18.2 Å². The maximum Gasteiger partial charge on any atom is 0.408 e. The zero-order chi connectivity index (χ0) is 27.6. The van der Waals surface area contributed by atoms with Gasteiger partial charge in [-0.05, 0) is 76.8 Å². The maximum atomic E-state index is 13.9. The number of nitrogens with zero attached hydrogens (tertiary/aromatic N) is 1. The quantitative estimate of drug-likeness (QED) is 0.383. The first-order valence-corrected chi connectivity index (χ1v) is 14.1. The molecule has 1 aromatic carbocycles. The van der Waals surface area contributed by atoms with Crippen molar-refractivity contribution in [1.82, 2.24) is 15.5 Å². The molecule has 0 bridgehead atoms. The number of alkyl carbamates (subject to hydrolysis) is 1. The van der Waals surface area contributed by atoms with Crippen LogP contribution in [0.2, 0.25) is 0 Å². The summed E-state index contributed by atoms with van der Waals surface area (Å²) in [4.78, 5) is 41.5.